The van der Waals surface area contributed by atoms with E-state index in [4.69, 9.17) is 9.47 Å². The third-order valence-corrected chi connectivity index (χ3v) is 7.71. The van der Waals surface area contributed by atoms with Gasteiger partial charge < -0.3 is 24.8 Å². The zero-order valence-electron chi connectivity index (χ0n) is 19.7. The van der Waals surface area contributed by atoms with Gasteiger partial charge in [-0.2, -0.15) is 0 Å². The lowest BCUT2D eigenvalue weighted by Gasteiger charge is -2.39. The number of carboxylic acid groups (broad SMARTS) is 1. The lowest BCUT2D eigenvalue weighted by molar-refractivity contribution is -0.162. The van der Waals surface area contributed by atoms with Crippen molar-refractivity contribution in [2.45, 2.75) is 44.2 Å². The molecule has 3 aliphatic rings. The Bertz CT molecular complexity index is 1100. The maximum Gasteiger partial charge on any atom is 0.407 e. The first-order valence-electron chi connectivity index (χ1n) is 12.1. The van der Waals surface area contributed by atoms with Crippen molar-refractivity contribution in [1.29, 1.82) is 0 Å². The van der Waals surface area contributed by atoms with Gasteiger partial charge in [-0.05, 0) is 42.0 Å². The number of fused-ring (bicyclic) bond motifs is 3. The molecule has 1 saturated carbocycles. The maximum absolute atomic E-state index is 13.4. The summed E-state index contributed by atoms with van der Waals surface area (Å²) >= 11 is 0. The number of hydrogen-bond acceptors (Lipinski definition) is 5. The van der Waals surface area contributed by atoms with Crippen LogP contribution < -0.4 is 5.32 Å². The van der Waals surface area contributed by atoms with Crippen LogP contribution in [0.2, 0.25) is 0 Å². The van der Waals surface area contributed by atoms with E-state index in [1.807, 2.05) is 31.2 Å². The average molecular weight is 479 g/mol. The number of carbonyl (C=O) groups excluding carboxylic acids is 2. The van der Waals surface area contributed by atoms with Gasteiger partial charge in [0, 0.05) is 18.5 Å². The molecule has 184 valence electrons. The van der Waals surface area contributed by atoms with E-state index in [-0.39, 0.29) is 37.6 Å². The van der Waals surface area contributed by atoms with E-state index in [0.717, 1.165) is 28.7 Å². The van der Waals surface area contributed by atoms with E-state index in [2.05, 4.69) is 29.6 Å². The monoisotopic (exact) mass is 478 g/mol. The largest absolute Gasteiger partial charge is 0.479 e. The third-order valence-electron chi connectivity index (χ3n) is 7.71. The molecule has 35 heavy (non-hydrogen) atoms. The van der Waals surface area contributed by atoms with Crippen LogP contribution in [0.5, 0.6) is 0 Å². The molecule has 2 N–H and O–H groups in total. The van der Waals surface area contributed by atoms with Gasteiger partial charge in [-0.3, -0.25) is 4.79 Å². The Hall–Kier alpha value is -3.39. The van der Waals surface area contributed by atoms with Crippen molar-refractivity contribution < 1.29 is 29.0 Å². The van der Waals surface area contributed by atoms with Gasteiger partial charge in [0.2, 0.25) is 5.91 Å². The highest BCUT2D eigenvalue weighted by Gasteiger charge is 2.49. The number of alkyl carbamates (subject to hydrolysis) is 1. The standard InChI is InChI=1S/C27H30N2O6/c1-27(25(32)29-13-14-34-22(15-29)24(30)31)12-6-11-23(27)28-26(33)35-16-21-19-9-4-2-7-17(19)18-8-3-5-10-20(18)21/h2-5,7-10,21-23H,6,11-16H2,1H3,(H,28,33)(H,30,31). The number of nitrogens with zero attached hydrogens (tertiary/aromatic N) is 1. The second-order valence-corrected chi connectivity index (χ2v) is 9.78. The number of hydrogen-bond donors (Lipinski definition) is 2. The second kappa shape index (κ2) is 9.34. The normalized spacial score (nSPS) is 25.6. The van der Waals surface area contributed by atoms with E-state index in [0.29, 0.717) is 19.4 Å². The highest BCUT2D eigenvalue weighted by molar-refractivity contribution is 5.85. The Morgan fingerprint density at radius 3 is 2.43 bits per heavy atom. The molecule has 8 nitrogen and oxygen atoms in total. The summed E-state index contributed by atoms with van der Waals surface area (Å²) < 4.78 is 11.0. The van der Waals surface area contributed by atoms with Gasteiger partial charge in [-0.15, -0.1) is 0 Å². The number of rotatable bonds is 5. The molecule has 2 amide bonds. The fourth-order valence-corrected chi connectivity index (χ4v) is 5.78. The van der Waals surface area contributed by atoms with Crippen LogP contribution in [-0.4, -0.2) is 66.4 Å². The molecule has 2 fully saturated rings. The Labute approximate surface area is 204 Å². The quantitative estimate of drug-likeness (QED) is 0.683. The molecule has 0 spiro atoms. The molecule has 0 aromatic heterocycles. The van der Waals surface area contributed by atoms with Gasteiger partial charge in [-0.25, -0.2) is 9.59 Å². The Morgan fingerprint density at radius 1 is 1.11 bits per heavy atom. The van der Waals surface area contributed by atoms with Gasteiger partial charge in [0.1, 0.15) is 6.61 Å². The number of nitrogens with one attached hydrogen (secondary N) is 1. The molecule has 3 unspecified atom stereocenters. The molecule has 2 aromatic rings. The Morgan fingerprint density at radius 2 is 1.77 bits per heavy atom. The van der Waals surface area contributed by atoms with Crippen LogP contribution in [0.15, 0.2) is 48.5 Å². The second-order valence-electron chi connectivity index (χ2n) is 9.78. The summed E-state index contributed by atoms with van der Waals surface area (Å²) in [5, 5.41) is 12.2. The first kappa shape index (κ1) is 23.4. The minimum absolute atomic E-state index is 0.0153. The zero-order valence-corrected chi connectivity index (χ0v) is 19.7. The topological polar surface area (TPSA) is 105 Å². The highest BCUT2D eigenvalue weighted by atomic mass is 16.5. The summed E-state index contributed by atoms with van der Waals surface area (Å²) in [6.45, 7) is 2.60. The van der Waals surface area contributed by atoms with Gasteiger partial charge in [0.15, 0.2) is 6.10 Å². The summed E-state index contributed by atoms with van der Waals surface area (Å²) in [6.07, 6.45) is 0.520. The maximum atomic E-state index is 13.4. The predicted molar refractivity (Wildman–Crippen MR) is 128 cm³/mol. The molecule has 8 heteroatoms. The minimum Gasteiger partial charge on any atom is -0.479 e. The molecule has 2 aliphatic carbocycles. The fraction of sp³-hybridized carbons (Fsp3) is 0.444. The molecule has 3 atom stereocenters. The minimum atomic E-state index is -1.08. The van der Waals surface area contributed by atoms with E-state index in [1.165, 1.54) is 0 Å². The molecule has 1 heterocycles. The van der Waals surface area contributed by atoms with Crippen molar-refractivity contribution in [2.75, 3.05) is 26.3 Å². The molecular weight excluding hydrogens is 448 g/mol. The van der Waals surface area contributed by atoms with Gasteiger partial charge in [0.25, 0.3) is 0 Å². The molecule has 0 radical (unpaired) electrons. The van der Waals surface area contributed by atoms with Gasteiger partial charge in [0.05, 0.1) is 18.6 Å². The summed E-state index contributed by atoms with van der Waals surface area (Å²) in [7, 11) is 0. The summed E-state index contributed by atoms with van der Waals surface area (Å²) in [5.41, 5.74) is 3.80. The molecule has 0 bridgehead atoms. The highest BCUT2D eigenvalue weighted by Crippen LogP contribution is 2.44. The number of aliphatic carboxylic acids is 1. The lowest BCUT2D eigenvalue weighted by Crippen LogP contribution is -2.57. The fourth-order valence-electron chi connectivity index (χ4n) is 5.78. The van der Waals surface area contributed by atoms with E-state index < -0.39 is 23.6 Å². The lowest BCUT2D eigenvalue weighted by atomic mass is 9.83. The van der Waals surface area contributed by atoms with Crippen molar-refractivity contribution in [3.05, 3.63) is 59.7 Å². The summed E-state index contributed by atoms with van der Waals surface area (Å²) in [6, 6.07) is 15.9. The Kier molecular flexibility index (Phi) is 6.23. The number of carboxylic acids is 1. The van der Waals surface area contributed by atoms with Gasteiger partial charge >= 0.3 is 12.1 Å². The van der Waals surface area contributed by atoms with Crippen molar-refractivity contribution >= 4 is 18.0 Å². The number of ether oxygens (including phenoxy) is 2. The Balaban J connectivity index is 1.24. The molecule has 1 aliphatic heterocycles. The number of carbonyl (C=O) groups is 3. The van der Waals surface area contributed by atoms with Crippen LogP contribution in [0.4, 0.5) is 4.79 Å². The van der Waals surface area contributed by atoms with Crippen molar-refractivity contribution in [3.63, 3.8) is 0 Å². The molecular formula is C27H30N2O6. The van der Waals surface area contributed by atoms with Crippen LogP contribution in [0.1, 0.15) is 43.2 Å². The van der Waals surface area contributed by atoms with Crippen LogP contribution in [-0.2, 0) is 19.1 Å². The molecule has 1 saturated heterocycles. The van der Waals surface area contributed by atoms with Crippen LogP contribution in [0.25, 0.3) is 11.1 Å². The molecule has 2 aromatic carbocycles. The van der Waals surface area contributed by atoms with Crippen molar-refractivity contribution in [2.24, 2.45) is 5.41 Å². The zero-order chi connectivity index (χ0) is 24.6. The average Bonchev–Trinajstić information content (AvgIpc) is 3.40. The first-order valence-corrected chi connectivity index (χ1v) is 12.1. The van der Waals surface area contributed by atoms with Gasteiger partial charge in [-0.1, -0.05) is 55.0 Å². The smallest absolute Gasteiger partial charge is 0.407 e. The van der Waals surface area contributed by atoms with Crippen LogP contribution in [0, 0.1) is 5.41 Å². The van der Waals surface area contributed by atoms with E-state index in [9.17, 15) is 19.5 Å². The van der Waals surface area contributed by atoms with Crippen molar-refractivity contribution in [1.82, 2.24) is 10.2 Å². The van der Waals surface area contributed by atoms with E-state index >= 15 is 0 Å². The third kappa shape index (κ3) is 4.27. The predicted octanol–water partition coefficient (Wildman–Crippen LogP) is 3.40. The number of amides is 2. The van der Waals surface area contributed by atoms with E-state index in [1.54, 1.807) is 4.90 Å². The van der Waals surface area contributed by atoms with Crippen molar-refractivity contribution in [3.8, 4) is 11.1 Å². The number of benzene rings is 2. The number of morpholine rings is 1. The van der Waals surface area contributed by atoms with Crippen LogP contribution >= 0.6 is 0 Å². The molecule has 5 rings (SSSR count). The SMILES string of the molecule is CC1(C(=O)N2CCOC(C(=O)O)C2)CCCC1NC(=O)OCC1c2ccccc2-c2ccccc21. The summed E-state index contributed by atoms with van der Waals surface area (Å²) in [4.78, 5) is 39.1. The van der Waals surface area contributed by atoms with Crippen LogP contribution in [0.3, 0.4) is 0 Å². The summed E-state index contributed by atoms with van der Waals surface area (Å²) in [5.74, 6) is -1.26. The first-order chi connectivity index (χ1) is 16.9.